The minimum absolute atomic E-state index is 0.303. The molecule has 0 bridgehead atoms. The summed E-state index contributed by atoms with van der Waals surface area (Å²) >= 11 is 0. The summed E-state index contributed by atoms with van der Waals surface area (Å²) in [6.07, 6.45) is 0. The second-order valence-electron chi connectivity index (χ2n) is 5.67. The van der Waals surface area contributed by atoms with Crippen LogP contribution in [0.15, 0.2) is 29.2 Å². The van der Waals surface area contributed by atoms with Crippen LogP contribution >= 0.6 is 0 Å². The van der Waals surface area contributed by atoms with Crippen LogP contribution in [0.4, 0.5) is 0 Å². The Morgan fingerprint density at radius 1 is 1.17 bits per heavy atom. The van der Waals surface area contributed by atoms with E-state index in [-0.39, 0.29) is 5.41 Å². The fourth-order valence-electron chi connectivity index (χ4n) is 1.25. The van der Waals surface area contributed by atoms with Crippen molar-refractivity contribution in [3.8, 4) is 6.07 Å². The Labute approximate surface area is 112 Å². The van der Waals surface area contributed by atoms with Crippen LogP contribution in [0.5, 0.6) is 0 Å². The Balaban J connectivity index is 2.94. The van der Waals surface area contributed by atoms with E-state index in [1.54, 1.807) is 6.92 Å². The zero-order valence-corrected chi connectivity index (χ0v) is 12.4. The summed E-state index contributed by atoms with van der Waals surface area (Å²) < 4.78 is 15.2. The van der Waals surface area contributed by atoms with Crippen molar-refractivity contribution >= 4 is 11.0 Å². The highest BCUT2D eigenvalue weighted by atomic mass is 32.2. The molecule has 1 aromatic rings. The minimum Gasteiger partial charge on any atom is -0.237 e. The summed E-state index contributed by atoms with van der Waals surface area (Å²) in [5, 5.41) is 9.31. The molecule has 0 spiro atoms. The molecular formula is C14H20N2OS. The number of aryl methyl sites for hydroxylation is 1. The van der Waals surface area contributed by atoms with Gasteiger partial charge >= 0.3 is 0 Å². The van der Waals surface area contributed by atoms with Crippen molar-refractivity contribution < 1.29 is 4.21 Å². The summed E-state index contributed by atoms with van der Waals surface area (Å²) in [4.78, 5) is 0.686. The first-order valence-electron chi connectivity index (χ1n) is 5.87. The molecule has 3 nitrogen and oxygen atoms in total. The van der Waals surface area contributed by atoms with Gasteiger partial charge in [-0.25, -0.2) is 8.93 Å². The summed E-state index contributed by atoms with van der Waals surface area (Å²) in [5.41, 5.74) is -0.0279. The molecule has 0 saturated carbocycles. The lowest BCUT2D eigenvalue weighted by atomic mass is 9.77. The predicted molar refractivity (Wildman–Crippen MR) is 74.2 cm³/mol. The fraction of sp³-hybridized carbons (Fsp3) is 0.500. The van der Waals surface area contributed by atoms with E-state index in [1.807, 2.05) is 52.0 Å². The van der Waals surface area contributed by atoms with Gasteiger partial charge < -0.3 is 0 Å². The number of nitrogens with zero attached hydrogens (tertiary/aromatic N) is 1. The summed E-state index contributed by atoms with van der Waals surface area (Å²) in [7, 11) is -1.38. The quantitative estimate of drug-likeness (QED) is 0.912. The summed E-state index contributed by atoms with van der Waals surface area (Å²) in [6.45, 7) is 9.62. The summed E-state index contributed by atoms with van der Waals surface area (Å²) in [5.74, 6) is 0. The second kappa shape index (κ2) is 5.21. The molecule has 1 rings (SSSR count). The Morgan fingerprint density at radius 3 is 2.06 bits per heavy atom. The van der Waals surface area contributed by atoms with Crippen molar-refractivity contribution in [3.63, 3.8) is 0 Å². The number of benzene rings is 1. The molecule has 0 aromatic heterocycles. The zero-order chi connectivity index (χ0) is 14.0. The Morgan fingerprint density at radius 2 is 1.67 bits per heavy atom. The number of rotatable bonds is 3. The number of nitrogens with one attached hydrogen (secondary N) is 1. The number of nitriles is 1. The fourth-order valence-corrected chi connectivity index (χ4v) is 2.47. The molecule has 0 aliphatic carbocycles. The first kappa shape index (κ1) is 14.9. The zero-order valence-electron chi connectivity index (χ0n) is 11.6. The number of hydrogen-bond acceptors (Lipinski definition) is 2. The molecule has 98 valence electrons. The van der Waals surface area contributed by atoms with E-state index >= 15 is 0 Å². The van der Waals surface area contributed by atoms with E-state index in [1.165, 1.54) is 0 Å². The first-order valence-corrected chi connectivity index (χ1v) is 7.02. The minimum atomic E-state index is -1.38. The smallest absolute Gasteiger partial charge is 0.126 e. The van der Waals surface area contributed by atoms with Gasteiger partial charge in [0.25, 0.3) is 0 Å². The maximum Gasteiger partial charge on any atom is 0.126 e. The second-order valence-corrected chi connectivity index (χ2v) is 6.88. The Kier molecular flexibility index (Phi) is 4.31. The van der Waals surface area contributed by atoms with E-state index in [4.69, 9.17) is 0 Å². The third-order valence-electron chi connectivity index (χ3n) is 3.26. The predicted octanol–water partition coefficient (Wildman–Crippen LogP) is 2.94. The molecule has 0 saturated heterocycles. The third-order valence-corrected chi connectivity index (χ3v) is 4.55. The van der Waals surface area contributed by atoms with E-state index < -0.39 is 16.5 Å². The van der Waals surface area contributed by atoms with Gasteiger partial charge in [0.15, 0.2) is 0 Å². The van der Waals surface area contributed by atoms with Gasteiger partial charge in [0.1, 0.15) is 16.5 Å². The lowest BCUT2D eigenvalue weighted by molar-refractivity contribution is 0.251. The lowest BCUT2D eigenvalue weighted by Crippen LogP contribution is -2.51. The molecule has 0 amide bonds. The third kappa shape index (κ3) is 3.18. The van der Waals surface area contributed by atoms with Crippen molar-refractivity contribution in [2.75, 3.05) is 0 Å². The molecule has 0 aliphatic rings. The van der Waals surface area contributed by atoms with Gasteiger partial charge in [-0.1, -0.05) is 38.5 Å². The van der Waals surface area contributed by atoms with E-state index in [2.05, 4.69) is 10.8 Å². The topological polar surface area (TPSA) is 52.9 Å². The maximum atomic E-state index is 12.2. The van der Waals surface area contributed by atoms with Crippen molar-refractivity contribution in [3.05, 3.63) is 29.8 Å². The van der Waals surface area contributed by atoms with Gasteiger partial charge in [-0.2, -0.15) is 5.26 Å². The van der Waals surface area contributed by atoms with Gasteiger partial charge in [-0.3, -0.25) is 0 Å². The van der Waals surface area contributed by atoms with E-state index in [9.17, 15) is 9.47 Å². The molecule has 0 fully saturated rings. The van der Waals surface area contributed by atoms with Crippen molar-refractivity contribution in [1.82, 2.24) is 4.72 Å². The molecule has 18 heavy (non-hydrogen) atoms. The Bertz CT molecular complexity index is 482. The molecular weight excluding hydrogens is 244 g/mol. The highest BCUT2D eigenvalue weighted by molar-refractivity contribution is 7.83. The highest BCUT2D eigenvalue weighted by Gasteiger charge is 2.39. The standard InChI is InChI=1S/C14H20N2OS/c1-11-6-8-12(9-7-11)18(17)16-14(5,10-15)13(2,3)4/h6-9,16H,1-5H3/t14-,18+/m1/s1. The van der Waals surface area contributed by atoms with Crippen LogP contribution < -0.4 is 4.72 Å². The van der Waals surface area contributed by atoms with E-state index in [0.717, 1.165) is 5.56 Å². The van der Waals surface area contributed by atoms with Crippen LogP contribution in [0.2, 0.25) is 0 Å². The average Bonchev–Trinajstić information content (AvgIpc) is 2.28. The van der Waals surface area contributed by atoms with Gasteiger partial charge in [0, 0.05) is 0 Å². The van der Waals surface area contributed by atoms with Crippen LogP contribution in [0, 0.1) is 23.7 Å². The first-order chi connectivity index (χ1) is 8.19. The maximum absolute atomic E-state index is 12.2. The van der Waals surface area contributed by atoms with Gasteiger partial charge in [-0.15, -0.1) is 0 Å². The SMILES string of the molecule is Cc1ccc([S@](=O)N[C@](C)(C#N)C(C)(C)C)cc1. The summed E-state index contributed by atoms with van der Waals surface area (Å²) in [6, 6.07) is 9.69. The number of hydrogen-bond donors (Lipinski definition) is 1. The highest BCUT2D eigenvalue weighted by Crippen LogP contribution is 2.30. The molecule has 0 unspecified atom stereocenters. The lowest BCUT2D eigenvalue weighted by Gasteiger charge is -2.35. The molecule has 2 atom stereocenters. The van der Waals surface area contributed by atoms with Gasteiger partial charge in [0.05, 0.1) is 11.0 Å². The normalized spacial score (nSPS) is 16.7. The Hall–Kier alpha value is -1.18. The van der Waals surface area contributed by atoms with Crippen molar-refractivity contribution in [2.24, 2.45) is 5.41 Å². The molecule has 4 heteroatoms. The van der Waals surface area contributed by atoms with Crippen LogP contribution in [-0.4, -0.2) is 9.75 Å². The largest absolute Gasteiger partial charge is 0.237 e. The van der Waals surface area contributed by atoms with Gasteiger partial charge in [-0.05, 0) is 31.4 Å². The monoisotopic (exact) mass is 264 g/mol. The molecule has 0 aliphatic heterocycles. The van der Waals surface area contributed by atoms with Gasteiger partial charge in [0.2, 0.25) is 0 Å². The van der Waals surface area contributed by atoms with Crippen molar-refractivity contribution in [2.45, 2.75) is 45.1 Å². The molecule has 0 radical (unpaired) electrons. The van der Waals surface area contributed by atoms with Crippen LogP contribution in [0.3, 0.4) is 0 Å². The van der Waals surface area contributed by atoms with Crippen molar-refractivity contribution in [1.29, 1.82) is 5.26 Å². The van der Waals surface area contributed by atoms with E-state index in [0.29, 0.717) is 4.90 Å². The van der Waals surface area contributed by atoms with Crippen LogP contribution in [0.25, 0.3) is 0 Å². The molecule has 1 N–H and O–H groups in total. The van der Waals surface area contributed by atoms with Crippen LogP contribution in [0.1, 0.15) is 33.3 Å². The molecule has 1 aromatic carbocycles. The molecule has 0 heterocycles. The van der Waals surface area contributed by atoms with Crippen LogP contribution in [-0.2, 0) is 11.0 Å². The average molecular weight is 264 g/mol.